The van der Waals surface area contributed by atoms with Crippen LogP contribution in [0.4, 0.5) is 0 Å². The van der Waals surface area contributed by atoms with Crippen molar-refractivity contribution in [3.05, 3.63) is 20.8 Å². The number of carbonyl (C=O) groups is 1. The van der Waals surface area contributed by atoms with Gasteiger partial charge in [0.25, 0.3) is 0 Å². The molecule has 1 N–H and O–H groups in total. The van der Waals surface area contributed by atoms with E-state index in [2.05, 4.69) is 32.3 Å². The van der Waals surface area contributed by atoms with E-state index in [-0.39, 0.29) is 5.92 Å². The second-order valence-corrected chi connectivity index (χ2v) is 8.15. The molecule has 0 spiro atoms. The first-order valence-corrected chi connectivity index (χ1v) is 8.25. The van der Waals surface area contributed by atoms with Crippen molar-refractivity contribution in [1.29, 1.82) is 0 Å². The van der Waals surface area contributed by atoms with Crippen molar-refractivity contribution < 1.29 is 9.90 Å². The van der Waals surface area contributed by atoms with Crippen molar-refractivity contribution in [2.45, 2.75) is 33.2 Å². The molecular weight excluding hydrogens is 326 g/mol. The van der Waals surface area contributed by atoms with E-state index in [1.807, 2.05) is 13.8 Å². The van der Waals surface area contributed by atoms with E-state index in [4.69, 9.17) is 0 Å². The van der Waals surface area contributed by atoms with Crippen molar-refractivity contribution in [3.8, 4) is 0 Å². The van der Waals surface area contributed by atoms with Gasteiger partial charge in [-0.2, -0.15) is 0 Å². The molecule has 19 heavy (non-hydrogen) atoms. The number of aliphatic carboxylic acids is 1. The van der Waals surface area contributed by atoms with Gasteiger partial charge in [0, 0.05) is 13.1 Å². The van der Waals surface area contributed by atoms with Crippen molar-refractivity contribution >= 4 is 33.2 Å². The molecule has 0 saturated carbocycles. The highest BCUT2D eigenvalue weighted by molar-refractivity contribution is 9.11. The molecule has 1 aliphatic rings. The maximum atomic E-state index is 11.4. The van der Waals surface area contributed by atoms with Crippen LogP contribution in [0.25, 0.3) is 0 Å². The lowest BCUT2D eigenvalue weighted by Gasteiger charge is -2.39. The Bertz CT molecular complexity index is 458. The van der Waals surface area contributed by atoms with Gasteiger partial charge >= 0.3 is 5.97 Å². The van der Waals surface area contributed by atoms with Gasteiger partial charge in [0.05, 0.1) is 9.20 Å². The van der Waals surface area contributed by atoms with Gasteiger partial charge in [-0.1, -0.05) is 0 Å². The molecule has 2 rings (SSSR count). The smallest absolute Gasteiger partial charge is 0.309 e. The summed E-state index contributed by atoms with van der Waals surface area (Å²) in [6, 6.07) is 2.15. The first kappa shape index (κ1) is 15.0. The Morgan fingerprint density at radius 3 is 2.95 bits per heavy atom. The molecule has 2 heterocycles. The second kappa shape index (κ2) is 5.94. The quantitative estimate of drug-likeness (QED) is 0.901. The molecule has 0 aliphatic carbocycles. The predicted molar refractivity (Wildman–Crippen MR) is 81.4 cm³/mol. The van der Waals surface area contributed by atoms with Crippen molar-refractivity contribution in [1.82, 2.24) is 4.90 Å². The third-order valence-electron chi connectivity index (χ3n) is 4.11. The molecule has 1 saturated heterocycles. The number of carboxylic acids is 1. The van der Waals surface area contributed by atoms with E-state index >= 15 is 0 Å². The van der Waals surface area contributed by atoms with Crippen LogP contribution in [0, 0.1) is 11.3 Å². The van der Waals surface area contributed by atoms with Gasteiger partial charge in [-0.3, -0.25) is 9.69 Å². The van der Waals surface area contributed by atoms with Crippen LogP contribution in [-0.4, -0.2) is 29.1 Å². The van der Waals surface area contributed by atoms with E-state index in [1.54, 1.807) is 11.3 Å². The summed E-state index contributed by atoms with van der Waals surface area (Å²) in [4.78, 5) is 13.7. The SMILES string of the molecule is CC(C)(C(=O)O)C1CCCN(Cc2csc(Br)c2)C1. The van der Waals surface area contributed by atoms with Crippen LogP contribution in [0.3, 0.4) is 0 Å². The molecule has 5 heteroatoms. The number of nitrogens with zero attached hydrogens (tertiary/aromatic N) is 1. The Hall–Kier alpha value is -0.390. The molecule has 1 atom stereocenters. The van der Waals surface area contributed by atoms with E-state index in [9.17, 15) is 9.90 Å². The normalized spacial score (nSPS) is 21.5. The Labute approximate surface area is 126 Å². The lowest BCUT2D eigenvalue weighted by molar-refractivity contribution is -0.151. The zero-order chi connectivity index (χ0) is 14.0. The number of thiophene rings is 1. The summed E-state index contributed by atoms with van der Waals surface area (Å²) >= 11 is 5.18. The van der Waals surface area contributed by atoms with Gasteiger partial charge in [-0.25, -0.2) is 0 Å². The molecule has 0 bridgehead atoms. The fourth-order valence-corrected chi connectivity index (χ4v) is 3.85. The molecule has 0 amide bonds. The summed E-state index contributed by atoms with van der Waals surface area (Å²) in [5.74, 6) is -0.446. The number of hydrogen-bond acceptors (Lipinski definition) is 3. The van der Waals surface area contributed by atoms with E-state index < -0.39 is 11.4 Å². The minimum atomic E-state index is -0.683. The molecule has 1 aromatic heterocycles. The minimum Gasteiger partial charge on any atom is -0.481 e. The second-order valence-electron chi connectivity index (χ2n) is 5.86. The summed E-state index contributed by atoms with van der Waals surface area (Å²) < 4.78 is 1.15. The predicted octanol–water partition coefficient (Wildman–Crippen LogP) is 3.83. The monoisotopic (exact) mass is 345 g/mol. The topological polar surface area (TPSA) is 40.5 Å². The first-order chi connectivity index (χ1) is 8.89. The number of piperidine rings is 1. The van der Waals surface area contributed by atoms with E-state index in [0.29, 0.717) is 0 Å². The minimum absolute atomic E-state index is 0.237. The summed E-state index contributed by atoms with van der Waals surface area (Å²) in [5.41, 5.74) is 0.680. The lowest BCUT2D eigenvalue weighted by Crippen LogP contribution is -2.44. The Kier molecular flexibility index (Phi) is 4.69. The summed E-state index contributed by atoms with van der Waals surface area (Å²) in [6.45, 7) is 6.58. The van der Waals surface area contributed by atoms with Gasteiger partial charge < -0.3 is 5.11 Å². The van der Waals surface area contributed by atoms with Gasteiger partial charge in [0.2, 0.25) is 0 Å². The number of halogens is 1. The molecule has 0 radical (unpaired) electrons. The largest absolute Gasteiger partial charge is 0.481 e. The van der Waals surface area contributed by atoms with Crippen LogP contribution >= 0.6 is 27.3 Å². The average Bonchev–Trinajstić information content (AvgIpc) is 2.75. The molecule has 1 fully saturated rings. The van der Waals surface area contributed by atoms with Crippen LogP contribution in [-0.2, 0) is 11.3 Å². The number of rotatable bonds is 4. The van der Waals surface area contributed by atoms with Crippen molar-refractivity contribution in [3.63, 3.8) is 0 Å². The summed E-state index contributed by atoms with van der Waals surface area (Å²) in [7, 11) is 0. The standard InChI is InChI=1S/C14H20BrNO2S/c1-14(2,13(17)18)11-4-3-5-16(8-11)7-10-6-12(15)19-9-10/h6,9,11H,3-5,7-8H2,1-2H3,(H,17,18). The highest BCUT2D eigenvalue weighted by atomic mass is 79.9. The highest BCUT2D eigenvalue weighted by Crippen LogP contribution is 2.35. The van der Waals surface area contributed by atoms with E-state index in [1.165, 1.54) is 5.56 Å². The average molecular weight is 346 g/mol. The fraction of sp³-hybridized carbons (Fsp3) is 0.643. The van der Waals surface area contributed by atoms with Crippen molar-refractivity contribution in [2.75, 3.05) is 13.1 Å². The van der Waals surface area contributed by atoms with Gasteiger partial charge in [0.1, 0.15) is 0 Å². The van der Waals surface area contributed by atoms with Crippen molar-refractivity contribution in [2.24, 2.45) is 11.3 Å². The molecule has 1 unspecified atom stereocenters. The Morgan fingerprint density at radius 2 is 2.37 bits per heavy atom. The molecular formula is C14H20BrNO2S. The fourth-order valence-electron chi connectivity index (χ4n) is 2.65. The van der Waals surface area contributed by atoms with E-state index in [0.717, 1.165) is 36.3 Å². The number of likely N-dealkylation sites (tertiary alicyclic amines) is 1. The molecule has 106 valence electrons. The zero-order valence-electron chi connectivity index (χ0n) is 11.4. The molecule has 3 nitrogen and oxygen atoms in total. The summed E-state index contributed by atoms with van der Waals surface area (Å²) in [6.07, 6.45) is 2.11. The van der Waals surface area contributed by atoms with Gasteiger partial charge in [-0.15, -0.1) is 11.3 Å². The number of hydrogen-bond donors (Lipinski definition) is 1. The van der Waals surface area contributed by atoms with Crippen LogP contribution < -0.4 is 0 Å². The maximum Gasteiger partial charge on any atom is 0.309 e. The maximum absolute atomic E-state index is 11.4. The third-order valence-corrected chi connectivity index (χ3v) is 5.66. The van der Waals surface area contributed by atoms with Crippen LogP contribution in [0.5, 0.6) is 0 Å². The molecule has 1 aliphatic heterocycles. The lowest BCUT2D eigenvalue weighted by atomic mass is 9.74. The Balaban J connectivity index is 1.99. The zero-order valence-corrected chi connectivity index (χ0v) is 13.8. The first-order valence-electron chi connectivity index (χ1n) is 6.58. The highest BCUT2D eigenvalue weighted by Gasteiger charge is 2.38. The Morgan fingerprint density at radius 1 is 1.63 bits per heavy atom. The number of carboxylic acid groups (broad SMARTS) is 1. The summed E-state index contributed by atoms with van der Waals surface area (Å²) in [5, 5.41) is 11.5. The molecule has 0 aromatic carbocycles. The van der Waals surface area contributed by atoms with Gasteiger partial charge in [-0.05, 0) is 72.1 Å². The van der Waals surface area contributed by atoms with Crippen LogP contribution in [0.15, 0.2) is 15.2 Å². The van der Waals surface area contributed by atoms with Crippen LogP contribution in [0.2, 0.25) is 0 Å². The van der Waals surface area contributed by atoms with Gasteiger partial charge in [0.15, 0.2) is 0 Å². The molecule has 1 aromatic rings. The van der Waals surface area contributed by atoms with Crippen LogP contribution in [0.1, 0.15) is 32.3 Å². The third kappa shape index (κ3) is 3.58.